The molecule has 0 aromatic heterocycles. The first-order valence-corrected chi connectivity index (χ1v) is 7.87. The van der Waals surface area contributed by atoms with E-state index in [0.717, 1.165) is 6.42 Å². The first-order chi connectivity index (χ1) is 8.79. The zero-order valence-electron chi connectivity index (χ0n) is 11.0. The van der Waals surface area contributed by atoms with E-state index in [1.54, 1.807) is 0 Å². The van der Waals surface area contributed by atoms with Crippen LogP contribution >= 0.6 is 11.8 Å². The van der Waals surface area contributed by atoms with Crippen molar-refractivity contribution in [3.8, 4) is 0 Å². The average Bonchev–Trinajstić information content (AvgIpc) is 2.41. The van der Waals surface area contributed by atoms with Gasteiger partial charge in [0.1, 0.15) is 0 Å². The molecule has 0 bridgehead atoms. The highest BCUT2D eigenvalue weighted by atomic mass is 32.2. The molecule has 3 atom stereocenters. The predicted molar refractivity (Wildman–Crippen MR) is 79.1 cm³/mol. The molecule has 1 heterocycles. The van der Waals surface area contributed by atoms with Gasteiger partial charge >= 0.3 is 0 Å². The van der Waals surface area contributed by atoms with Crippen LogP contribution in [-0.2, 0) is 6.42 Å². The maximum Gasteiger partial charge on any atom is 0.0587 e. The van der Waals surface area contributed by atoms with Gasteiger partial charge in [0.15, 0.2) is 0 Å². The topological polar surface area (TPSA) is 32.3 Å². The quantitative estimate of drug-likeness (QED) is 0.858. The van der Waals surface area contributed by atoms with Crippen LogP contribution in [-0.4, -0.2) is 34.8 Å². The fourth-order valence-electron chi connectivity index (χ4n) is 2.52. The van der Waals surface area contributed by atoms with Crippen LogP contribution in [0.15, 0.2) is 30.3 Å². The lowest BCUT2D eigenvalue weighted by Gasteiger charge is -2.32. The lowest BCUT2D eigenvalue weighted by molar-refractivity contribution is 0.226. The number of hydrogen-bond acceptors (Lipinski definition) is 3. The number of nitrogens with one attached hydrogen (secondary N) is 1. The Hall–Kier alpha value is -0.510. The minimum absolute atomic E-state index is 0.179. The molecule has 1 saturated heterocycles. The summed E-state index contributed by atoms with van der Waals surface area (Å²) in [6.45, 7) is 2.50. The Morgan fingerprint density at radius 1 is 1.39 bits per heavy atom. The summed E-state index contributed by atoms with van der Waals surface area (Å²) < 4.78 is 0. The molecule has 2 unspecified atom stereocenters. The van der Waals surface area contributed by atoms with Gasteiger partial charge < -0.3 is 10.4 Å². The van der Waals surface area contributed by atoms with Crippen molar-refractivity contribution in [2.24, 2.45) is 0 Å². The van der Waals surface area contributed by atoms with E-state index in [0.29, 0.717) is 11.3 Å². The van der Waals surface area contributed by atoms with Gasteiger partial charge in [-0.25, -0.2) is 0 Å². The van der Waals surface area contributed by atoms with E-state index in [1.807, 2.05) is 17.8 Å². The molecule has 2 N–H and O–H groups in total. The van der Waals surface area contributed by atoms with Gasteiger partial charge in [0.2, 0.25) is 0 Å². The third-order valence-corrected chi connectivity index (χ3v) is 4.98. The third kappa shape index (κ3) is 4.01. The van der Waals surface area contributed by atoms with Crippen molar-refractivity contribution in [2.75, 3.05) is 12.4 Å². The average molecular weight is 265 g/mol. The number of thioether (sulfide) groups is 1. The summed E-state index contributed by atoms with van der Waals surface area (Å²) in [5.74, 6) is 1.28. The molecule has 100 valence electrons. The van der Waals surface area contributed by atoms with Crippen LogP contribution in [0.4, 0.5) is 0 Å². The van der Waals surface area contributed by atoms with E-state index in [4.69, 9.17) is 0 Å². The normalized spacial score (nSPS) is 25.9. The molecule has 0 spiro atoms. The predicted octanol–water partition coefficient (Wildman–Crippen LogP) is 2.46. The molecule has 3 heteroatoms. The largest absolute Gasteiger partial charge is 0.395 e. The van der Waals surface area contributed by atoms with E-state index in [2.05, 4.69) is 36.5 Å². The van der Waals surface area contributed by atoms with E-state index >= 15 is 0 Å². The molecule has 0 amide bonds. The Kier molecular flexibility index (Phi) is 5.54. The highest BCUT2D eigenvalue weighted by Gasteiger charge is 2.24. The lowest BCUT2D eigenvalue weighted by atomic mass is 10.0. The van der Waals surface area contributed by atoms with Gasteiger partial charge in [-0.15, -0.1) is 0 Å². The number of aliphatic hydroxyl groups is 1. The number of rotatable bonds is 5. The van der Waals surface area contributed by atoms with Crippen molar-refractivity contribution in [2.45, 2.75) is 43.5 Å². The van der Waals surface area contributed by atoms with Crippen LogP contribution in [0.25, 0.3) is 0 Å². The third-order valence-electron chi connectivity index (χ3n) is 3.60. The second kappa shape index (κ2) is 7.17. The van der Waals surface area contributed by atoms with Crippen molar-refractivity contribution in [3.63, 3.8) is 0 Å². The number of aliphatic hydroxyl groups excluding tert-OH is 1. The van der Waals surface area contributed by atoms with Gasteiger partial charge in [0.05, 0.1) is 6.61 Å². The maximum absolute atomic E-state index is 9.53. The molecule has 0 aliphatic carbocycles. The zero-order chi connectivity index (χ0) is 12.8. The summed E-state index contributed by atoms with van der Waals surface area (Å²) in [6.07, 6.45) is 3.43. The van der Waals surface area contributed by atoms with Crippen molar-refractivity contribution in [1.82, 2.24) is 5.32 Å². The van der Waals surface area contributed by atoms with Crippen molar-refractivity contribution < 1.29 is 5.11 Å². The standard InChI is InChI=1S/C15H23NOS/c1-12-15(8-5-9-18-12)16-14(11-17)10-13-6-3-2-4-7-13/h2-4,6-7,12,14-17H,5,8-11H2,1H3/t12?,14-,15?/m1/s1. The SMILES string of the molecule is CC1SCCCC1N[C@@H](CO)Cc1ccccc1. The summed E-state index contributed by atoms with van der Waals surface area (Å²) in [7, 11) is 0. The summed E-state index contributed by atoms with van der Waals surface area (Å²) in [5.41, 5.74) is 1.29. The van der Waals surface area contributed by atoms with Crippen LogP contribution < -0.4 is 5.32 Å². The molecule has 0 radical (unpaired) electrons. The van der Waals surface area contributed by atoms with E-state index in [9.17, 15) is 5.11 Å². The Morgan fingerprint density at radius 3 is 2.83 bits per heavy atom. The molecule has 2 rings (SSSR count). The van der Waals surface area contributed by atoms with Crippen molar-refractivity contribution in [3.05, 3.63) is 35.9 Å². The molecule has 18 heavy (non-hydrogen) atoms. The van der Waals surface area contributed by atoms with Gasteiger partial charge in [-0.05, 0) is 30.6 Å². The van der Waals surface area contributed by atoms with Gasteiger partial charge in [0, 0.05) is 17.3 Å². The molecule has 1 aromatic carbocycles. The van der Waals surface area contributed by atoms with E-state index < -0.39 is 0 Å². The molecule has 1 fully saturated rings. The molecule has 1 aliphatic heterocycles. The van der Waals surface area contributed by atoms with Crippen LogP contribution in [0.3, 0.4) is 0 Å². The molecular weight excluding hydrogens is 242 g/mol. The van der Waals surface area contributed by atoms with Crippen LogP contribution in [0, 0.1) is 0 Å². The van der Waals surface area contributed by atoms with Gasteiger partial charge in [-0.1, -0.05) is 37.3 Å². The van der Waals surface area contributed by atoms with E-state index in [1.165, 1.54) is 24.2 Å². The minimum Gasteiger partial charge on any atom is -0.395 e. The second-order valence-corrected chi connectivity index (χ2v) is 6.55. The summed E-state index contributed by atoms with van der Waals surface area (Å²) >= 11 is 2.04. The molecule has 1 aromatic rings. The first-order valence-electron chi connectivity index (χ1n) is 6.82. The second-order valence-electron chi connectivity index (χ2n) is 5.06. The summed E-state index contributed by atoms with van der Waals surface area (Å²) in [5, 5.41) is 13.8. The molecule has 1 aliphatic rings. The van der Waals surface area contributed by atoms with Crippen molar-refractivity contribution in [1.29, 1.82) is 0 Å². The lowest BCUT2D eigenvalue weighted by Crippen LogP contribution is -2.47. The molecule has 2 nitrogen and oxygen atoms in total. The molecular formula is C15H23NOS. The Morgan fingerprint density at radius 2 is 2.17 bits per heavy atom. The highest BCUT2D eigenvalue weighted by molar-refractivity contribution is 7.99. The Balaban J connectivity index is 1.88. The van der Waals surface area contributed by atoms with E-state index in [-0.39, 0.29) is 12.6 Å². The van der Waals surface area contributed by atoms with Gasteiger partial charge in [-0.2, -0.15) is 11.8 Å². The molecule has 0 saturated carbocycles. The summed E-state index contributed by atoms with van der Waals surface area (Å²) in [4.78, 5) is 0. The fourth-order valence-corrected chi connectivity index (χ4v) is 3.67. The highest BCUT2D eigenvalue weighted by Crippen LogP contribution is 2.25. The van der Waals surface area contributed by atoms with Crippen LogP contribution in [0.1, 0.15) is 25.3 Å². The number of benzene rings is 1. The Bertz CT molecular complexity index is 344. The summed E-state index contributed by atoms with van der Waals surface area (Å²) in [6, 6.07) is 11.1. The monoisotopic (exact) mass is 265 g/mol. The van der Waals surface area contributed by atoms with Gasteiger partial charge in [-0.3, -0.25) is 0 Å². The van der Waals surface area contributed by atoms with Crippen LogP contribution in [0.2, 0.25) is 0 Å². The Labute approximate surface area is 114 Å². The number of hydrogen-bond donors (Lipinski definition) is 2. The minimum atomic E-state index is 0.179. The van der Waals surface area contributed by atoms with Gasteiger partial charge in [0.25, 0.3) is 0 Å². The zero-order valence-corrected chi connectivity index (χ0v) is 11.8. The maximum atomic E-state index is 9.53. The first kappa shape index (κ1) is 13.9. The smallest absolute Gasteiger partial charge is 0.0587 e. The van der Waals surface area contributed by atoms with Crippen LogP contribution in [0.5, 0.6) is 0 Å². The van der Waals surface area contributed by atoms with Crippen molar-refractivity contribution >= 4 is 11.8 Å². The fraction of sp³-hybridized carbons (Fsp3) is 0.600.